The van der Waals surface area contributed by atoms with E-state index in [0.717, 1.165) is 11.4 Å². The van der Waals surface area contributed by atoms with E-state index in [0.29, 0.717) is 0 Å². The summed E-state index contributed by atoms with van der Waals surface area (Å²) in [5, 5.41) is 10.0. The standard InChI is InChI=1S/C52H33N3/c1-2-17-39-34(13-1)14-11-26-46(39)55-50-25-10-6-21-43(50)45-32-36(28-30-52(45)55)35-27-29-51-44(31-35)42-20-5-9-24-49(42)54(51)38-16-12-15-37(33-38)53-47-22-7-3-18-40(47)41-19-4-8-23-48(41)53/h1-33H. The number of fused-ring (bicyclic) bond motifs is 10. The second-order valence-electron chi connectivity index (χ2n) is 14.6. The summed E-state index contributed by atoms with van der Waals surface area (Å²) in [7, 11) is 0. The molecule has 55 heavy (non-hydrogen) atoms. The molecule has 0 aliphatic carbocycles. The van der Waals surface area contributed by atoms with Crippen molar-refractivity contribution in [2.24, 2.45) is 0 Å². The maximum Gasteiger partial charge on any atom is 0.0541 e. The average Bonchev–Trinajstić information content (AvgIpc) is 3.89. The second-order valence-corrected chi connectivity index (χ2v) is 14.6. The van der Waals surface area contributed by atoms with E-state index in [1.807, 2.05) is 0 Å². The van der Waals surface area contributed by atoms with E-state index >= 15 is 0 Å². The summed E-state index contributed by atoms with van der Waals surface area (Å²) in [6.45, 7) is 0. The van der Waals surface area contributed by atoms with Gasteiger partial charge in [0.05, 0.1) is 38.8 Å². The summed E-state index contributed by atoms with van der Waals surface area (Å²) in [6.07, 6.45) is 0. The van der Waals surface area contributed by atoms with Crippen molar-refractivity contribution in [3.05, 3.63) is 200 Å². The van der Waals surface area contributed by atoms with Crippen LogP contribution in [0.3, 0.4) is 0 Å². The zero-order valence-electron chi connectivity index (χ0n) is 29.9. The highest BCUT2D eigenvalue weighted by atomic mass is 15.0. The van der Waals surface area contributed by atoms with Crippen LogP contribution in [0.15, 0.2) is 200 Å². The molecule has 0 aliphatic heterocycles. The summed E-state index contributed by atoms with van der Waals surface area (Å²) in [5.41, 5.74) is 13.1. The topological polar surface area (TPSA) is 14.8 Å². The van der Waals surface area contributed by atoms with Crippen molar-refractivity contribution in [1.82, 2.24) is 13.7 Å². The van der Waals surface area contributed by atoms with Gasteiger partial charge in [-0.05, 0) is 89.3 Å². The zero-order valence-corrected chi connectivity index (χ0v) is 29.9. The van der Waals surface area contributed by atoms with Gasteiger partial charge in [0.2, 0.25) is 0 Å². The summed E-state index contributed by atoms with van der Waals surface area (Å²) < 4.78 is 7.25. The lowest BCUT2D eigenvalue weighted by molar-refractivity contribution is 1.13. The van der Waals surface area contributed by atoms with Crippen LogP contribution in [0.25, 0.3) is 104 Å². The van der Waals surface area contributed by atoms with Crippen molar-refractivity contribution in [3.63, 3.8) is 0 Å². The van der Waals surface area contributed by atoms with Gasteiger partial charge < -0.3 is 13.7 Å². The molecule has 3 aromatic heterocycles. The van der Waals surface area contributed by atoms with E-state index in [9.17, 15) is 0 Å². The summed E-state index contributed by atoms with van der Waals surface area (Å²) in [5.74, 6) is 0. The first-order chi connectivity index (χ1) is 27.3. The van der Waals surface area contributed by atoms with Gasteiger partial charge in [-0.25, -0.2) is 0 Å². The van der Waals surface area contributed by atoms with Crippen molar-refractivity contribution in [2.75, 3.05) is 0 Å². The van der Waals surface area contributed by atoms with Crippen molar-refractivity contribution in [2.45, 2.75) is 0 Å². The minimum Gasteiger partial charge on any atom is -0.309 e. The fraction of sp³-hybridized carbons (Fsp3) is 0. The molecule has 12 rings (SSSR count). The normalized spacial score (nSPS) is 12.0. The lowest BCUT2D eigenvalue weighted by atomic mass is 10.0. The molecule has 9 aromatic carbocycles. The molecule has 0 fully saturated rings. The predicted octanol–water partition coefficient (Wildman–Crippen LogP) is 13.8. The number of hydrogen-bond donors (Lipinski definition) is 0. The number of aromatic nitrogens is 3. The van der Waals surface area contributed by atoms with Gasteiger partial charge in [0.1, 0.15) is 0 Å². The molecule has 3 heteroatoms. The Bertz CT molecular complexity index is 3440. The predicted molar refractivity (Wildman–Crippen MR) is 232 cm³/mol. The van der Waals surface area contributed by atoms with Crippen LogP contribution in [0.1, 0.15) is 0 Å². The van der Waals surface area contributed by atoms with Crippen LogP contribution in [-0.4, -0.2) is 13.7 Å². The molecule has 256 valence electrons. The molecule has 0 bridgehead atoms. The Morgan fingerprint density at radius 1 is 0.236 bits per heavy atom. The quantitative estimate of drug-likeness (QED) is 0.174. The highest BCUT2D eigenvalue weighted by Gasteiger charge is 2.18. The number of rotatable bonds is 4. The molecule has 0 N–H and O–H groups in total. The number of para-hydroxylation sites is 4. The zero-order chi connectivity index (χ0) is 36.0. The summed E-state index contributed by atoms with van der Waals surface area (Å²) in [6, 6.07) is 73.2. The Kier molecular flexibility index (Phi) is 6.34. The second kappa shape index (κ2) is 11.6. The SMILES string of the molecule is c1cc(-n2c3ccccc3c3ccccc32)cc(-n2c3ccccc3c3cc(-c4ccc5c(c4)c4ccccc4n5-c4cccc5ccccc45)ccc32)c1. The fourth-order valence-corrected chi connectivity index (χ4v) is 9.22. The van der Waals surface area contributed by atoms with Gasteiger partial charge in [-0.1, -0.05) is 127 Å². The summed E-state index contributed by atoms with van der Waals surface area (Å²) in [4.78, 5) is 0. The molecule has 0 saturated heterocycles. The largest absolute Gasteiger partial charge is 0.309 e. The Labute approximate surface area is 317 Å². The first kappa shape index (κ1) is 30.1. The minimum absolute atomic E-state index is 1.14. The van der Waals surface area contributed by atoms with Gasteiger partial charge in [-0.2, -0.15) is 0 Å². The van der Waals surface area contributed by atoms with Gasteiger partial charge in [0.15, 0.2) is 0 Å². The van der Waals surface area contributed by atoms with Crippen molar-refractivity contribution in [3.8, 4) is 28.2 Å². The Balaban J connectivity index is 1.03. The lowest BCUT2D eigenvalue weighted by Gasteiger charge is -2.13. The van der Waals surface area contributed by atoms with Crippen molar-refractivity contribution >= 4 is 76.2 Å². The molecule has 0 atom stereocenters. The van der Waals surface area contributed by atoms with Gasteiger partial charge in [-0.3, -0.25) is 0 Å². The first-order valence-electron chi connectivity index (χ1n) is 18.9. The Morgan fingerprint density at radius 3 is 1.16 bits per heavy atom. The first-order valence-corrected chi connectivity index (χ1v) is 18.9. The smallest absolute Gasteiger partial charge is 0.0541 e. The lowest BCUT2D eigenvalue weighted by Crippen LogP contribution is -1.98. The van der Waals surface area contributed by atoms with Crippen molar-refractivity contribution < 1.29 is 0 Å². The van der Waals surface area contributed by atoms with E-state index in [2.05, 4.69) is 214 Å². The summed E-state index contributed by atoms with van der Waals surface area (Å²) >= 11 is 0. The molecule has 0 spiro atoms. The van der Waals surface area contributed by atoms with Crippen LogP contribution in [0.5, 0.6) is 0 Å². The third kappa shape index (κ3) is 4.38. The molecule has 0 radical (unpaired) electrons. The maximum atomic E-state index is 2.43. The molecule has 0 amide bonds. The van der Waals surface area contributed by atoms with E-state index in [1.165, 1.54) is 93.0 Å². The molecular formula is C52H33N3. The minimum atomic E-state index is 1.14. The van der Waals surface area contributed by atoms with Crippen LogP contribution in [0.2, 0.25) is 0 Å². The van der Waals surface area contributed by atoms with Crippen LogP contribution in [-0.2, 0) is 0 Å². The highest BCUT2D eigenvalue weighted by Crippen LogP contribution is 2.40. The van der Waals surface area contributed by atoms with Gasteiger partial charge in [0.25, 0.3) is 0 Å². The maximum absolute atomic E-state index is 2.43. The molecule has 0 aliphatic rings. The molecular weight excluding hydrogens is 667 g/mol. The molecule has 0 saturated carbocycles. The molecule has 0 unspecified atom stereocenters. The van der Waals surface area contributed by atoms with Gasteiger partial charge in [-0.15, -0.1) is 0 Å². The third-order valence-electron chi connectivity index (χ3n) is 11.6. The van der Waals surface area contributed by atoms with E-state index in [4.69, 9.17) is 0 Å². The monoisotopic (exact) mass is 699 g/mol. The van der Waals surface area contributed by atoms with Gasteiger partial charge >= 0.3 is 0 Å². The van der Waals surface area contributed by atoms with Crippen molar-refractivity contribution in [1.29, 1.82) is 0 Å². The number of hydrogen-bond acceptors (Lipinski definition) is 0. The number of benzene rings is 9. The van der Waals surface area contributed by atoms with Crippen LogP contribution < -0.4 is 0 Å². The fourth-order valence-electron chi connectivity index (χ4n) is 9.22. The molecule has 3 nitrogen and oxygen atoms in total. The molecule has 3 heterocycles. The van der Waals surface area contributed by atoms with E-state index in [1.54, 1.807) is 0 Å². The van der Waals surface area contributed by atoms with E-state index < -0.39 is 0 Å². The van der Waals surface area contributed by atoms with E-state index in [-0.39, 0.29) is 0 Å². The van der Waals surface area contributed by atoms with Crippen LogP contribution in [0.4, 0.5) is 0 Å². The van der Waals surface area contributed by atoms with Crippen LogP contribution in [0, 0.1) is 0 Å². The molecule has 12 aromatic rings. The average molecular weight is 700 g/mol. The van der Waals surface area contributed by atoms with Gasteiger partial charge in [0, 0.05) is 49.1 Å². The van der Waals surface area contributed by atoms with Crippen LogP contribution >= 0.6 is 0 Å². The Hall–Kier alpha value is -7.36. The highest BCUT2D eigenvalue weighted by molar-refractivity contribution is 6.14. The Morgan fingerprint density at radius 2 is 0.618 bits per heavy atom. The third-order valence-corrected chi connectivity index (χ3v) is 11.6. The number of nitrogens with zero attached hydrogens (tertiary/aromatic N) is 3.